The maximum atomic E-state index is 10.8. The Morgan fingerprint density at radius 3 is 2.55 bits per heavy atom. The number of benzene rings is 1. The fraction of sp³-hybridized carbons (Fsp3) is 0.0833. The van der Waals surface area contributed by atoms with Crippen LogP contribution < -0.4 is 9.47 Å². The topological polar surface area (TPSA) is 81.5 Å². The third-order valence-corrected chi connectivity index (χ3v) is 3.50. The molecule has 1 heterocycles. The number of rotatable bonds is 4. The van der Waals surface area contributed by atoms with Crippen molar-refractivity contribution in [1.29, 1.82) is 0 Å². The lowest BCUT2D eigenvalue weighted by atomic mass is 10.3. The summed E-state index contributed by atoms with van der Waals surface area (Å²) in [5.74, 6) is -0.0862. The first kappa shape index (κ1) is 14.7. The number of methoxy groups -OCH3 is 1. The number of carbonyl (C=O) groups is 1. The standard InChI is InChI=1S/C12H8Br2N2O4/c1-19-9-4-7(14)10(5-6(9)13)20-12-15-3-2-8(16-12)11(17)18/h2-5H,1H3,(H,17,18). The van der Waals surface area contributed by atoms with Gasteiger partial charge >= 0.3 is 12.0 Å². The lowest BCUT2D eigenvalue weighted by Crippen LogP contribution is -2.02. The van der Waals surface area contributed by atoms with Crippen molar-refractivity contribution >= 4 is 37.8 Å². The van der Waals surface area contributed by atoms with Gasteiger partial charge in [0.2, 0.25) is 0 Å². The molecule has 0 spiro atoms. The van der Waals surface area contributed by atoms with Gasteiger partial charge in [-0.25, -0.2) is 9.78 Å². The van der Waals surface area contributed by atoms with Gasteiger partial charge in [0.05, 0.1) is 16.1 Å². The quantitative estimate of drug-likeness (QED) is 0.841. The van der Waals surface area contributed by atoms with Crippen LogP contribution in [0, 0.1) is 0 Å². The Bertz CT molecular complexity index is 664. The lowest BCUT2D eigenvalue weighted by molar-refractivity contribution is 0.0689. The van der Waals surface area contributed by atoms with Crippen LogP contribution in [0.3, 0.4) is 0 Å². The zero-order valence-electron chi connectivity index (χ0n) is 10.1. The molecule has 2 rings (SSSR count). The molecule has 1 N–H and O–H groups in total. The molecule has 0 atom stereocenters. The smallest absolute Gasteiger partial charge is 0.354 e. The lowest BCUT2D eigenvalue weighted by Gasteiger charge is -2.09. The summed E-state index contributed by atoms with van der Waals surface area (Å²) in [4.78, 5) is 18.5. The second-order valence-corrected chi connectivity index (χ2v) is 5.26. The van der Waals surface area contributed by atoms with Crippen molar-refractivity contribution in [2.75, 3.05) is 7.11 Å². The molecule has 0 saturated heterocycles. The summed E-state index contributed by atoms with van der Waals surface area (Å²) >= 11 is 6.66. The van der Waals surface area contributed by atoms with Gasteiger partial charge in [-0.05, 0) is 44.0 Å². The molecule has 1 aromatic heterocycles. The summed E-state index contributed by atoms with van der Waals surface area (Å²) in [5.41, 5.74) is -0.140. The van der Waals surface area contributed by atoms with Gasteiger partial charge in [-0.15, -0.1) is 0 Å². The molecule has 0 fully saturated rings. The van der Waals surface area contributed by atoms with Crippen LogP contribution >= 0.6 is 31.9 Å². The van der Waals surface area contributed by atoms with Gasteiger partial charge < -0.3 is 14.6 Å². The second-order valence-electron chi connectivity index (χ2n) is 3.55. The molecule has 0 bridgehead atoms. The number of ether oxygens (including phenoxy) is 2. The molecule has 2 aromatic rings. The van der Waals surface area contributed by atoms with Gasteiger partial charge in [-0.2, -0.15) is 4.98 Å². The van der Waals surface area contributed by atoms with Gasteiger partial charge in [-0.1, -0.05) is 0 Å². The number of halogens is 2. The van der Waals surface area contributed by atoms with E-state index >= 15 is 0 Å². The highest BCUT2D eigenvalue weighted by atomic mass is 79.9. The molecular weight excluding hydrogens is 396 g/mol. The van der Waals surface area contributed by atoms with Crippen LogP contribution in [-0.4, -0.2) is 28.2 Å². The first-order chi connectivity index (χ1) is 9.51. The van der Waals surface area contributed by atoms with E-state index in [-0.39, 0.29) is 11.7 Å². The maximum Gasteiger partial charge on any atom is 0.354 e. The van der Waals surface area contributed by atoms with E-state index in [2.05, 4.69) is 41.8 Å². The number of nitrogens with zero attached hydrogens (tertiary/aromatic N) is 2. The van der Waals surface area contributed by atoms with E-state index < -0.39 is 5.97 Å². The Hall–Kier alpha value is -1.67. The molecule has 0 radical (unpaired) electrons. The van der Waals surface area contributed by atoms with Gasteiger partial charge in [0, 0.05) is 12.3 Å². The van der Waals surface area contributed by atoms with Crippen molar-refractivity contribution < 1.29 is 19.4 Å². The number of carboxylic acid groups (broad SMARTS) is 1. The zero-order valence-corrected chi connectivity index (χ0v) is 13.3. The normalized spacial score (nSPS) is 10.2. The molecule has 0 aliphatic heterocycles. The maximum absolute atomic E-state index is 10.8. The molecule has 0 aliphatic rings. The number of carboxylic acids is 1. The van der Waals surface area contributed by atoms with Crippen molar-refractivity contribution in [1.82, 2.24) is 9.97 Å². The van der Waals surface area contributed by atoms with Crippen LogP contribution in [0.1, 0.15) is 10.5 Å². The van der Waals surface area contributed by atoms with Gasteiger partial charge in [0.25, 0.3) is 0 Å². The molecule has 1 aromatic carbocycles. The largest absolute Gasteiger partial charge is 0.496 e. The summed E-state index contributed by atoms with van der Waals surface area (Å²) < 4.78 is 11.9. The molecule has 0 aliphatic carbocycles. The van der Waals surface area contributed by atoms with Crippen LogP contribution in [0.15, 0.2) is 33.3 Å². The Labute approximate surface area is 131 Å². The molecule has 0 amide bonds. The summed E-state index contributed by atoms with van der Waals surface area (Å²) in [5, 5.41) is 8.86. The Kier molecular flexibility index (Phi) is 4.56. The first-order valence-electron chi connectivity index (χ1n) is 5.28. The van der Waals surface area contributed by atoms with Crippen LogP contribution in [0.2, 0.25) is 0 Å². The minimum Gasteiger partial charge on any atom is -0.496 e. The Morgan fingerprint density at radius 1 is 1.25 bits per heavy atom. The minimum atomic E-state index is -1.15. The third-order valence-electron chi connectivity index (χ3n) is 2.26. The molecule has 104 valence electrons. The van der Waals surface area contributed by atoms with E-state index in [9.17, 15) is 4.79 Å². The second kappa shape index (κ2) is 6.19. The monoisotopic (exact) mass is 402 g/mol. The van der Waals surface area contributed by atoms with Crippen molar-refractivity contribution in [2.24, 2.45) is 0 Å². The first-order valence-corrected chi connectivity index (χ1v) is 6.87. The number of hydrogen-bond acceptors (Lipinski definition) is 5. The highest BCUT2D eigenvalue weighted by molar-refractivity contribution is 9.11. The van der Waals surface area contributed by atoms with Gasteiger partial charge in [0.15, 0.2) is 5.69 Å². The van der Waals surface area contributed by atoms with Crippen LogP contribution in [0.5, 0.6) is 17.5 Å². The molecule has 20 heavy (non-hydrogen) atoms. The van der Waals surface area contributed by atoms with E-state index in [1.165, 1.54) is 12.3 Å². The summed E-state index contributed by atoms with van der Waals surface area (Å²) in [6.07, 6.45) is 1.32. The van der Waals surface area contributed by atoms with Gasteiger partial charge in [0.1, 0.15) is 11.5 Å². The fourth-order valence-electron chi connectivity index (χ4n) is 1.35. The van der Waals surface area contributed by atoms with Crippen molar-refractivity contribution in [3.8, 4) is 17.5 Å². The molecule has 0 saturated carbocycles. The van der Waals surface area contributed by atoms with E-state index in [4.69, 9.17) is 14.6 Å². The highest BCUT2D eigenvalue weighted by Gasteiger charge is 2.12. The van der Waals surface area contributed by atoms with E-state index in [0.29, 0.717) is 20.4 Å². The Balaban J connectivity index is 2.32. The van der Waals surface area contributed by atoms with Crippen molar-refractivity contribution in [3.63, 3.8) is 0 Å². The zero-order chi connectivity index (χ0) is 14.7. The molecule has 8 heteroatoms. The molecule has 0 unspecified atom stereocenters. The summed E-state index contributed by atoms with van der Waals surface area (Å²) in [6, 6.07) is 4.61. The van der Waals surface area contributed by atoms with Crippen molar-refractivity contribution in [2.45, 2.75) is 0 Å². The SMILES string of the molecule is COc1cc(Br)c(Oc2nccc(C(=O)O)n2)cc1Br. The number of aromatic carboxylic acids is 1. The van der Waals surface area contributed by atoms with Crippen molar-refractivity contribution in [3.05, 3.63) is 39.0 Å². The number of aromatic nitrogens is 2. The van der Waals surface area contributed by atoms with Crippen LogP contribution in [0.4, 0.5) is 0 Å². The van der Waals surface area contributed by atoms with E-state index in [1.54, 1.807) is 19.2 Å². The number of hydrogen-bond donors (Lipinski definition) is 1. The predicted molar refractivity (Wildman–Crippen MR) is 77.5 cm³/mol. The van der Waals surface area contributed by atoms with Crippen LogP contribution in [-0.2, 0) is 0 Å². The fourth-order valence-corrected chi connectivity index (χ4v) is 2.24. The van der Waals surface area contributed by atoms with E-state index in [0.717, 1.165) is 0 Å². The minimum absolute atomic E-state index is 0.0531. The highest BCUT2D eigenvalue weighted by Crippen LogP contribution is 2.37. The average molecular weight is 404 g/mol. The van der Waals surface area contributed by atoms with Gasteiger partial charge in [-0.3, -0.25) is 0 Å². The average Bonchev–Trinajstić information content (AvgIpc) is 2.42. The predicted octanol–water partition coefficient (Wildman–Crippen LogP) is 3.50. The molecular formula is C12H8Br2N2O4. The summed E-state index contributed by atoms with van der Waals surface area (Å²) in [7, 11) is 1.55. The van der Waals surface area contributed by atoms with E-state index in [1.807, 2.05) is 0 Å². The Morgan fingerprint density at radius 2 is 1.90 bits per heavy atom. The summed E-state index contributed by atoms with van der Waals surface area (Å²) in [6.45, 7) is 0. The molecule has 6 nitrogen and oxygen atoms in total. The van der Waals surface area contributed by atoms with Crippen LogP contribution in [0.25, 0.3) is 0 Å². The third kappa shape index (κ3) is 3.26.